The zero-order valence-corrected chi connectivity index (χ0v) is 11.5. The Kier molecular flexibility index (Phi) is 5.48. The van der Waals surface area contributed by atoms with Crippen molar-refractivity contribution < 1.29 is 57.8 Å². The molecule has 0 aromatic rings. The zero-order chi connectivity index (χ0) is 15.8. The Hall–Kier alpha value is 0.0600. The lowest BCUT2D eigenvalue weighted by Gasteiger charge is -2.44. The van der Waals surface area contributed by atoms with E-state index >= 15 is 0 Å². The summed E-state index contributed by atoms with van der Waals surface area (Å²) in [5, 5.41) is 28.3. The van der Waals surface area contributed by atoms with Gasteiger partial charge in [-0.3, -0.25) is 9.05 Å². The van der Waals surface area contributed by atoms with Gasteiger partial charge in [0, 0.05) is 0 Å². The van der Waals surface area contributed by atoms with Crippen molar-refractivity contribution in [2.45, 2.75) is 24.1 Å². The largest absolute Gasteiger partial charge is 0.470 e. The van der Waals surface area contributed by atoms with Crippen molar-refractivity contribution in [3.63, 3.8) is 0 Å². The molecule has 0 amide bonds. The molecule has 0 unspecified atom stereocenters. The number of ether oxygens (including phenoxy) is 1. The third-order valence-electron chi connectivity index (χ3n) is 2.36. The highest BCUT2D eigenvalue weighted by atomic mass is 31.2. The fourth-order valence-electron chi connectivity index (χ4n) is 1.58. The van der Waals surface area contributed by atoms with Crippen LogP contribution in [0.5, 0.6) is 0 Å². The summed E-state index contributed by atoms with van der Waals surface area (Å²) < 4.78 is 34.4. The summed E-state index contributed by atoms with van der Waals surface area (Å²) in [7, 11) is -10.4. The van der Waals surface area contributed by atoms with Crippen molar-refractivity contribution in [3.8, 4) is 0 Å². The standard InChI is InChI=1S/C6H14O12P2/c7-2-6(9)5(18-20(13,14)15)4(3(8)1-16-6)17-19(10,11)12/h3-5,7-9H,1-2H2,(H2,10,11,12)(H2,13,14,15)/t3-,4-,5+,6-/m1/s1. The maximum absolute atomic E-state index is 10.8. The molecule has 20 heavy (non-hydrogen) atoms. The lowest BCUT2D eigenvalue weighted by Crippen LogP contribution is -2.63. The number of aliphatic hydroxyl groups is 3. The van der Waals surface area contributed by atoms with Crippen molar-refractivity contribution in [3.05, 3.63) is 0 Å². The van der Waals surface area contributed by atoms with Gasteiger partial charge in [-0.2, -0.15) is 0 Å². The fraction of sp³-hybridized carbons (Fsp3) is 1.00. The summed E-state index contributed by atoms with van der Waals surface area (Å²) in [6.45, 7) is -1.95. The van der Waals surface area contributed by atoms with E-state index in [1.165, 1.54) is 0 Å². The summed E-state index contributed by atoms with van der Waals surface area (Å²) >= 11 is 0. The Bertz CT molecular complexity index is 428. The summed E-state index contributed by atoms with van der Waals surface area (Å²) in [4.78, 5) is 34.8. The van der Waals surface area contributed by atoms with Gasteiger partial charge in [0.15, 0.2) is 6.10 Å². The molecule has 120 valence electrons. The Balaban J connectivity index is 3.11. The Labute approximate surface area is 112 Å². The van der Waals surface area contributed by atoms with Crippen LogP contribution in [0.25, 0.3) is 0 Å². The average Bonchev–Trinajstić information content (AvgIpc) is 2.26. The van der Waals surface area contributed by atoms with Crippen LogP contribution in [0.4, 0.5) is 0 Å². The van der Waals surface area contributed by atoms with E-state index in [1.54, 1.807) is 0 Å². The molecule has 0 bridgehead atoms. The van der Waals surface area contributed by atoms with Gasteiger partial charge in [0.2, 0.25) is 5.79 Å². The molecule has 4 atom stereocenters. The fourth-order valence-corrected chi connectivity index (χ4v) is 2.72. The van der Waals surface area contributed by atoms with Crippen LogP contribution in [0, 0.1) is 0 Å². The van der Waals surface area contributed by atoms with Crippen molar-refractivity contribution in [2.75, 3.05) is 13.2 Å². The van der Waals surface area contributed by atoms with Gasteiger partial charge >= 0.3 is 15.6 Å². The first-order valence-electron chi connectivity index (χ1n) is 5.01. The summed E-state index contributed by atoms with van der Waals surface area (Å²) in [5.41, 5.74) is 0. The van der Waals surface area contributed by atoms with Gasteiger partial charge in [0.25, 0.3) is 0 Å². The summed E-state index contributed by atoms with van der Waals surface area (Å²) in [6, 6.07) is 0. The molecule has 0 aliphatic carbocycles. The first-order chi connectivity index (χ1) is 8.88. The van der Waals surface area contributed by atoms with Crippen LogP contribution in [-0.2, 0) is 22.9 Å². The van der Waals surface area contributed by atoms with Crippen molar-refractivity contribution in [1.82, 2.24) is 0 Å². The number of phosphoric ester groups is 2. The van der Waals surface area contributed by atoms with Crippen LogP contribution >= 0.6 is 15.6 Å². The molecule has 1 aliphatic heterocycles. The predicted molar refractivity (Wildman–Crippen MR) is 57.8 cm³/mol. The van der Waals surface area contributed by atoms with E-state index in [1.807, 2.05) is 0 Å². The highest BCUT2D eigenvalue weighted by molar-refractivity contribution is 7.46. The third-order valence-corrected chi connectivity index (χ3v) is 3.38. The van der Waals surface area contributed by atoms with E-state index in [0.717, 1.165) is 0 Å². The molecule has 0 radical (unpaired) electrons. The third kappa shape index (κ3) is 4.81. The maximum Gasteiger partial charge on any atom is 0.470 e. The normalized spacial score (nSPS) is 36.0. The summed E-state index contributed by atoms with van der Waals surface area (Å²) in [6.07, 6.45) is -6.06. The van der Waals surface area contributed by atoms with Crippen LogP contribution in [0.1, 0.15) is 0 Å². The Morgan fingerprint density at radius 1 is 1.15 bits per heavy atom. The van der Waals surface area contributed by atoms with Crippen LogP contribution in [-0.4, -0.2) is 72.2 Å². The lowest BCUT2D eigenvalue weighted by molar-refractivity contribution is -0.324. The quantitative estimate of drug-likeness (QED) is 0.250. The van der Waals surface area contributed by atoms with E-state index in [-0.39, 0.29) is 0 Å². The molecule has 0 spiro atoms. The van der Waals surface area contributed by atoms with Gasteiger partial charge in [-0.1, -0.05) is 0 Å². The highest BCUT2D eigenvalue weighted by Crippen LogP contribution is 2.47. The van der Waals surface area contributed by atoms with E-state index in [9.17, 15) is 19.3 Å². The molecule has 1 aliphatic rings. The number of hydrogen-bond acceptors (Lipinski definition) is 8. The van der Waals surface area contributed by atoms with Gasteiger partial charge in [0.05, 0.1) is 13.2 Å². The summed E-state index contributed by atoms with van der Waals surface area (Å²) in [5.74, 6) is -2.72. The van der Waals surface area contributed by atoms with Gasteiger partial charge in [-0.05, 0) is 0 Å². The second-order valence-electron chi connectivity index (χ2n) is 3.96. The number of rotatable bonds is 5. The van der Waals surface area contributed by atoms with Crippen molar-refractivity contribution in [2.24, 2.45) is 0 Å². The van der Waals surface area contributed by atoms with Crippen LogP contribution < -0.4 is 0 Å². The highest BCUT2D eigenvalue weighted by Gasteiger charge is 2.55. The molecular weight excluding hydrogens is 326 g/mol. The van der Waals surface area contributed by atoms with E-state index in [2.05, 4.69) is 13.8 Å². The van der Waals surface area contributed by atoms with Gasteiger partial charge in [-0.15, -0.1) is 0 Å². The van der Waals surface area contributed by atoms with Gasteiger partial charge in [-0.25, -0.2) is 9.13 Å². The number of phosphoric acid groups is 2. The molecule has 0 aromatic carbocycles. The van der Waals surface area contributed by atoms with Crippen LogP contribution in [0.3, 0.4) is 0 Å². The molecule has 1 heterocycles. The van der Waals surface area contributed by atoms with Crippen molar-refractivity contribution >= 4 is 15.6 Å². The monoisotopic (exact) mass is 340 g/mol. The minimum absolute atomic E-state index is 0.719. The molecular formula is C6H14O12P2. The average molecular weight is 340 g/mol. The molecule has 1 fully saturated rings. The first kappa shape index (κ1) is 18.1. The SMILES string of the molecule is O=P(O)(O)O[C@@H]1[C@H](O)CO[C@](O)(CO)[C@H]1OP(=O)(O)O. The molecule has 1 saturated heterocycles. The smallest absolute Gasteiger partial charge is 0.391 e. The minimum atomic E-state index is -5.25. The van der Waals surface area contributed by atoms with E-state index < -0.39 is 53.0 Å². The predicted octanol–water partition coefficient (Wildman–Crippen LogP) is -2.99. The van der Waals surface area contributed by atoms with Crippen LogP contribution in [0.15, 0.2) is 0 Å². The molecule has 12 nitrogen and oxygen atoms in total. The van der Waals surface area contributed by atoms with Crippen LogP contribution in [0.2, 0.25) is 0 Å². The van der Waals surface area contributed by atoms with Crippen molar-refractivity contribution in [1.29, 1.82) is 0 Å². The Morgan fingerprint density at radius 2 is 1.65 bits per heavy atom. The molecule has 14 heteroatoms. The lowest BCUT2D eigenvalue weighted by atomic mass is 9.97. The molecule has 7 N–H and O–H groups in total. The first-order valence-corrected chi connectivity index (χ1v) is 8.07. The minimum Gasteiger partial charge on any atom is -0.391 e. The Morgan fingerprint density at radius 3 is 2.05 bits per heavy atom. The second-order valence-corrected chi connectivity index (χ2v) is 6.34. The van der Waals surface area contributed by atoms with Gasteiger partial charge < -0.3 is 39.6 Å². The second kappa shape index (κ2) is 6.05. The van der Waals surface area contributed by atoms with E-state index in [4.69, 9.17) is 24.7 Å². The van der Waals surface area contributed by atoms with Gasteiger partial charge in [0.1, 0.15) is 12.2 Å². The molecule has 0 saturated carbocycles. The number of aliphatic hydroxyl groups excluding tert-OH is 2. The zero-order valence-electron chi connectivity index (χ0n) is 9.71. The molecule has 0 aromatic heterocycles. The maximum atomic E-state index is 10.8. The van der Waals surface area contributed by atoms with E-state index in [0.29, 0.717) is 0 Å². The topological polar surface area (TPSA) is 203 Å². The molecule has 1 rings (SSSR count). The number of hydrogen-bond donors (Lipinski definition) is 7.